The molecule has 0 fully saturated rings. The van der Waals surface area contributed by atoms with E-state index in [4.69, 9.17) is 4.74 Å². The number of rotatable bonds is 3. The predicted octanol–water partition coefficient (Wildman–Crippen LogP) is 3.44. The smallest absolute Gasteiger partial charge is 0.137 e. The molecule has 2 aromatic rings. The third kappa shape index (κ3) is 3.86. The number of aromatic nitrogens is 1. The fourth-order valence-corrected chi connectivity index (χ4v) is 1.67. The summed E-state index contributed by atoms with van der Waals surface area (Å²) < 4.78 is 5.34. The Labute approximate surface area is 114 Å². The zero-order valence-electron chi connectivity index (χ0n) is 11.3. The summed E-state index contributed by atoms with van der Waals surface area (Å²) in [5, 5.41) is 0. The highest BCUT2D eigenvalue weighted by molar-refractivity contribution is 5.41. The van der Waals surface area contributed by atoms with E-state index in [1.54, 1.807) is 6.20 Å². The molecule has 0 amide bonds. The lowest BCUT2D eigenvalue weighted by Crippen LogP contribution is -1.92. The molecule has 1 aromatic carbocycles. The van der Waals surface area contributed by atoms with Crippen molar-refractivity contribution >= 4 is 0 Å². The summed E-state index contributed by atoms with van der Waals surface area (Å²) in [5.74, 6) is 6.94. The molecule has 0 aliphatic carbocycles. The molecule has 19 heavy (non-hydrogen) atoms. The van der Waals surface area contributed by atoms with Crippen molar-refractivity contribution in [1.82, 2.24) is 4.98 Å². The van der Waals surface area contributed by atoms with Crippen LogP contribution in [-0.4, -0.2) is 11.6 Å². The SMILES string of the molecule is CCOc1ccc(C#Cc2ccc(CC)cc2)nc1. The van der Waals surface area contributed by atoms with Crippen LogP contribution in [0.4, 0.5) is 0 Å². The van der Waals surface area contributed by atoms with Gasteiger partial charge in [0.2, 0.25) is 0 Å². The summed E-state index contributed by atoms with van der Waals surface area (Å²) in [6.45, 7) is 4.74. The Bertz CT molecular complexity index is 573. The molecule has 2 heteroatoms. The first-order valence-corrected chi connectivity index (χ1v) is 6.51. The summed E-state index contributed by atoms with van der Waals surface area (Å²) in [5.41, 5.74) is 3.08. The molecule has 0 bridgehead atoms. The third-order valence-corrected chi connectivity index (χ3v) is 2.74. The first-order valence-electron chi connectivity index (χ1n) is 6.51. The van der Waals surface area contributed by atoms with Gasteiger partial charge >= 0.3 is 0 Å². The predicted molar refractivity (Wildman–Crippen MR) is 77.2 cm³/mol. The summed E-state index contributed by atoms with van der Waals surface area (Å²) in [6.07, 6.45) is 2.75. The number of benzene rings is 1. The van der Waals surface area contributed by atoms with E-state index in [1.165, 1.54) is 5.56 Å². The van der Waals surface area contributed by atoms with Gasteiger partial charge in [-0.25, -0.2) is 4.98 Å². The van der Waals surface area contributed by atoms with Gasteiger partial charge < -0.3 is 4.74 Å². The van der Waals surface area contributed by atoms with Crippen LogP contribution < -0.4 is 4.74 Å². The van der Waals surface area contributed by atoms with Crippen LogP contribution in [0.5, 0.6) is 5.75 Å². The van der Waals surface area contributed by atoms with E-state index in [1.807, 2.05) is 31.2 Å². The first-order chi connectivity index (χ1) is 9.31. The van der Waals surface area contributed by atoms with Crippen LogP contribution in [0.3, 0.4) is 0 Å². The Kier molecular flexibility index (Phi) is 4.58. The van der Waals surface area contributed by atoms with Gasteiger partial charge in [-0.05, 0) is 49.1 Å². The maximum Gasteiger partial charge on any atom is 0.137 e. The Morgan fingerprint density at radius 2 is 1.79 bits per heavy atom. The lowest BCUT2D eigenvalue weighted by molar-refractivity contribution is 0.339. The fourth-order valence-electron chi connectivity index (χ4n) is 1.67. The highest BCUT2D eigenvalue weighted by Gasteiger charge is 1.93. The van der Waals surface area contributed by atoms with E-state index in [2.05, 4.69) is 35.9 Å². The van der Waals surface area contributed by atoms with Crippen molar-refractivity contribution in [2.24, 2.45) is 0 Å². The molecular formula is C17H17NO. The molecule has 2 nitrogen and oxygen atoms in total. The molecule has 0 aliphatic heterocycles. The van der Waals surface area contributed by atoms with Crippen molar-refractivity contribution in [1.29, 1.82) is 0 Å². The average molecular weight is 251 g/mol. The molecule has 0 saturated carbocycles. The molecule has 0 aliphatic rings. The summed E-state index contributed by atoms with van der Waals surface area (Å²) >= 11 is 0. The molecule has 0 saturated heterocycles. The van der Waals surface area contributed by atoms with Crippen LogP contribution in [0, 0.1) is 11.8 Å². The second kappa shape index (κ2) is 6.61. The second-order valence-electron chi connectivity index (χ2n) is 4.11. The summed E-state index contributed by atoms with van der Waals surface area (Å²) in [4.78, 5) is 4.25. The second-order valence-corrected chi connectivity index (χ2v) is 4.11. The van der Waals surface area contributed by atoms with Gasteiger partial charge in [-0.2, -0.15) is 0 Å². The van der Waals surface area contributed by atoms with Crippen LogP contribution in [0.2, 0.25) is 0 Å². The highest BCUT2D eigenvalue weighted by Crippen LogP contribution is 2.08. The standard InChI is InChI=1S/C17H17NO/c1-3-14-5-7-15(8-6-14)9-10-16-11-12-17(13-18-16)19-4-2/h5-8,11-13H,3-4H2,1-2H3. The monoisotopic (exact) mass is 251 g/mol. The van der Waals surface area contributed by atoms with Crippen molar-refractivity contribution in [3.63, 3.8) is 0 Å². The minimum Gasteiger partial charge on any atom is -0.492 e. The van der Waals surface area contributed by atoms with Crippen LogP contribution >= 0.6 is 0 Å². The van der Waals surface area contributed by atoms with Gasteiger partial charge in [0, 0.05) is 5.56 Å². The van der Waals surface area contributed by atoms with Crippen molar-refractivity contribution in [3.05, 3.63) is 59.4 Å². The average Bonchev–Trinajstić information content (AvgIpc) is 2.47. The number of aryl methyl sites for hydroxylation is 1. The van der Waals surface area contributed by atoms with Crippen molar-refractivity contribution in [2.75, 3.05) is 6.61 Å². The van der Waals surface area contributed by atoms with Gasteiger partial charge in [-0.1, -0.05) is 25.0 Å². The number of hydrogen-bond acceptors (Lipinski definition) is 2. The molecule has 0 radical (unpaired) electrons. The largest absolute Gasteiger partial charge is 0.492 e. The van der Waals surface area contributed by atoms with Crippen LogP contribution in [-0.2, 0) is 6.42 Å². The van der Waals surface area contributed by atoms with Crippen LogP contribution in [0.15, 0.2) is 42.6 Å². The molecule has 1 heterocycles. The fraction of sp³-hybridized carbons (Fsp3) is 0.235. The third-order valence-electron chi connectivity index (χ3n) is 2.74. The summed E-state index contributed by atoms with van der Waals surface area (Å²) in [7, 11) is 0. The van der Waals surface area contributed by atoms with Gasteiger partial charge in [0.25, 0.3) is 0 Å². The van der Waals surface area contributed by atoms with Gasteiger partial charge in [0.15, 0.2) is 0 Å². The van der Waals surface area contributed by atoms with E-state index >= 15 is 0 Å². The zero-order chi connectivity index (χ0) is 13.5. The number of pyridine rings is 1. The van der Waals surface area contributed by atoms with E-state index in [-0.39, 0.29) is 0 Å². The van der Waals surface area contributed by atoms with Gasteiger partial charge in [0.1, 0.15) is 11.4 Å². The molecule has 0 atom stereocenters. The molecule has 2 rings (SSSR count). The van der Waals surface area contributed by atoms with Crippen LogP contribution in [0.1, 0.15) is 30.7 Å². The highest BCUT2D eigenvalue weighted by atomic mass is 16.5. The maximum absolute atomic E-state index is 5.34. The topological polar surface area (TPSA) is 22.1 Å². The molecule has 0 unspecified atom stereocenters. The number of nitrogens with zero attached hydrogens (tertiary/aromatic N) is 1. The van der Waals surface area contributed by atoms with Gasteiger partial charge in [-0.3, -0.25) is 0 Å². The van der Waals surface area contributed by atoms with Crippen molar-refractivity contribution < 1.29 is 4.74 Å². The molecular weight excluding hydrogens is 234 g/mol. The Hall–Kier alpha value is -2.27. The van der Waals surface area contributed by atoms with Crippen molar-refractivity contribution in [2.45, 2.75) is 20.3 Å². The normalized spacial score (nSPS) is 9.58. The van der Waals surface area contributed by atoms with E-state index in [0.29, 0.717) is 6.61 Å². The van der Waals surface area contributed by atoms with E-state index in [0.717, 1.165) is 23.4 Å². The molecule has 1 aromatic heterocycles. The molecule has 0 N–H and O–H groups in total. The Morgan fingerprint density at radius 1 is 1.00 bits per heavy atom. The lowest BCUT2D eigenvalue weighted by Gasteiger charge is -2.00. The van der Waals surface area contributed by atoms with Gasteiger partial charge in [0.05, 0.1) is 12.8 Å². The van der Waals surface area contributed by atoms with Crippen LogP contribution in [0.25, 0.3) is 0 Å². The number of hydrogen-bond donors (Lipinski definition) is 0. The quantitative estimate of drug-likeness (QED) is 0.780. The molecule has 96 valence electrons. The zero-order valence-corrected chi connectivity index (χ0v) is 11.3. The van der Waals surface area contributed by atoms with E-state index in [9.17, 15) is 0 Å². The summed E-state index contributed by atoms with van der Waals surface area (Å²) in [6, 6.07) is 12.1. The Morgan fingerprint density at radius 3 is 2.37 bits per heavy atom. The van der Waals surface area contributed by atoms with Gasteiger partial charge in [-0.15, -0.1) is 0 Å². The van der Waals surface area contributed by atoms with Crippen molar-refractivity contribution in [3.8, 4) is 17.6 Å². The molecule has 0 spiro atoms. The lowest BCUT2D eigenvalue weighted by atomic mass is 10.1. The first kappa shape index (κ1) is 13.2. The minimum atomic E-state index is 0.649. The number of ether oxygens (including phenoxy) is 1. The maximum atomic E-state index is 5.34. The minimum absolute atomic E-state index is 0.649. The van der Waals surface area contributed by atoms with E-state index < -0.39 is 0 Å². The Balaban J connectivity index is 2.09.